The van der Waals surface area contributed by atoms with Gasteiger partial charge in [-0.3, -0.25) is 4.79 Å². The number of hydrogen-bond acceptors (Lipinski definition) is 4. The van der Waals surface area contributed by atoms with Crippen molar-refractivity contribution >= 4 is 12.1 Å². The molecule has 9 heteroatoms. The van der Waals surface area contributed by atoms with Crippen LogP contribution in [0, 0.1) is 0 Å². The minimum absolute atomic E-state index is 0.0784. The molecule has 17 heavy (non-hydrogen) atoms. The monoisotopic (exact) mass is 256 g/mol. The third-order valence-corrected chi connectivity index (χ3v) is 1.62. The van der Waals surface area contributed by atoms with E-state index in [4.69, 9.17) is 5.73 Å². The number of aldehydes is 1. The fraction of sp³-hybridized carbons (Fsp3) is 0.250. The van der Waals surface area contributed by atoms with Gasteiger partial charge in [-0.15, -0.1) is 13.2 Å². The molecule has 0 fully saturated rings. The highest BCUT2D eigenvalue weighted by Crippen LogP contribution is 2.32. The molecule has 0 amide bonds. The average molecular weight is 256 g/mol. The Morgan fingerprint density at radius 1 is 1.41 bits per heavy atom. The van der Waals surface area contributed by atoms with Crippen molar-refractivity contribution in [2.45, 2.75) is 12.8 Å². The van der Waals surface area contributed by atoms with Crippen molar-refractivity contribution in [3.63, 3.8) is 0 Å². The molecule has 0 atom stereocenters. The van der Waals surface area contributed by atoms with E-state index < -0.39 is 35.6 Å². The highest BCUT2D eigenvalue weighted by Gasteiger charge is 2.34. The van der Waals surface area contributed by atoms with Crippen molar-refractivity contribution in [2.24, 2.45) is 0 Å². The maximum absolute atomic E-state index is 12.2. The van der Waals surface area contributed by atoms with Crippen LogP contribution in [0.2, 0.25) is 0 Å². The number of carbonyl (C=O) groups excluding carboxylic acids is 1. The zero-order chi connectivity index (χ0) is 13.2. The van der Waals surface area contributed by atoms with E-state index in [9.17, 15) is 26.7 Å². The number of pyridine rings is 1. The lowest BCUT2D eigenvalue weighted by Gasteiger charge is -2.13. The van der Waals surface area contributed by atoms with Crippen LogP contribution in [0.25, 0.3) is 0 Å². The minimum atomic E-state index is -5.10. The summed E-state index contributed by atoms with van der Waals surface area (Å²) in [5.41, 5.74) is 3.37. The normalized spacial score (nSPS) is 11.6. The largest absolute Gasteiger partial charge is 0.573 e. The average Bonchev–Trinajstić information content (AvgIpc) is 2.18. The Kier molecular flexibility index (Phi) is 3.49. The fourth-order valence-corrected chi connectivity index (χ4v) is 1.02. The van der Waals surface area contributed by atoms with Gasteiger partial charge in [-0.1, -0.05) is 0 Å². The maximum Gasteiger partial charge on any atom is 0.573 e. The molecule has 0 aliphatic rings. The van der Waals surface area contributed by atoms with Crippen LogP contribution in [0.15, 0.2) is 6.07 Å². The Balaban J connectivity index is 3.26. The van der Waals surface area contributed by atoms with Gasteiger partial charge in [0.05, 0.1) is 5.56 Å². The second kappa shape index (κ2) is 4.52. The van der Waals surface area contributed by atoms with Crippen LogP contribution in [0.1, 0.15) is 22.5 Å². The molecule has 94 valence electrons. The molecule has 0 unspecified atom stereocenters. The second-order valence-electron chi connectivity index (χ2n) is 2.82. The number of hydrogen-bond donors (Lipinski definition) is 1. The summed E-state index contributed by atoms with van der Waals surface area (Å²) in [6, 6.07) is 0.481. The van der Waals surface area contributed by atoms with Crippen LogP contribution in [-0.4, -0.2) is 17.6 Å². The molecular weight excluding hydrogens is 251 g/mol. The van der Waals surface area contributed by atoms with Gasteiger partial charge in [-0.05, 0) is 6.07 Å². The predicted octanol–water partition coefficient (Wildman–Crippen LogP) is 2.31. The standard InChI is InChI=1S/C8H5F5N2O2/c9-6(10)4-1-3(2-16)5(7(14)15-4)17-8(11,12)13/h1-2,6H,(H2,14,15). The van der Waals surface area contributed by atoms with Crippen molar-refractivity contribution in [1.29, 1.82) is 0 Å². The molecule has 0 saturated carbocycles. The van der Waals surface area contributed by atoms with E-state index in [1.807, 2.05) is 0 Å². The van der Waals surface area contributed by atoms with Crippen molar-refractivity contribution < 1.29 is 31.5 Å². The first-order valence-corrected chi connectivity index (χ1v) is 4.04. The van der Waals surface area contributed by atoms with Gasteiger partial charge in [0.25, 0.3) is 6.43 Å². The highest BCUT2D eigenvalue weighted by molar-refractivity contribution is 5.82. The number of nitrogen functional groups attached to an aromatic ring is 1. The molecule has 1 heterocycles. The molecule has 0 radical (unpaired) electrons. The van der Waals surface area contributed by atoms with Crippen LogP contribution in [0.3, 0.4) is 0 Å². The summed E-state index contributed by atoms with van der Waals surface area (Å²) in [7, 11) is 0. The summed E-state index contributed by atoms with van der Waals surface area (Å²) in [5, 5.41) is 0. The van der Waals surface area contributed by atoms with Gasteiger partial charge in [-0.25, -0.2) is 13.8 Å². The van der Waals surface area contributed by atoms with Crippen molar-refractivity contribution in [1.82, 2.24) is 4.98 Å². The number of anilines is 1. The van der Waals surface area contributed by atoms with Gasteiger partial charge in [0.1, 0.15) is 5.69 Å². The van der Waals surface area contributed by atoms with Crippen molar-refractivity contribution in [3.05, 3.63) is 17.3 Å². The zero-order valence-electron chi connectivity index (χ0n) is 7.96. The van der Waals surface area contributed by atoms with Gasteiger partial charge < -0.3 is 10.5 Å². The number of carbonyl (C=O) groups is 1. The van der Waals surface area contributed by atoms with Crippen LogP contribution >= 0.6 is 0 Å². The lowest BCUT2D eigenvalue weighted by Crippen LogP contribution is -2.20. The molecular formula is C8H5F5N2O2. The molecule has 0 spiro atoms. The summed E-state index contributed by atoms with van der Waals surface area (Å²) in [6.07, 6.45) is -8.24. The molecule has 0 aliphatic heterocycles. The van der Waals surface area contributed by atoms with E-state index >= 15 is 0 Å². The first-order valence-electron chi connectivity index (χ1n) is 4.04. The summed E-state index contributed by atoms with van der Waals surface area (Å²) in [6.45, 7) is 0. The highest BCUT2D eigenvalue weighted by atomic mass is 19.4. The summed E-state index contributed by atoms with van der Waals surface area (Å²) < 4.78 is 63.7. The van der Waals surface area contributed by atoms with E-state index in [1.165, 1.54) is 0 Å². The smallest absolute Gasteiger partial charge is 0.401 e. The number of nitrogens with two attached hydrogens (primary N) is 1. The first kappa shape index (κ1) is 13.1. The Morgan fingerprint density at radius 3 is 2.41 bits per heavy atom. The second-order valence-corrected chi connectivity index (χ2v) is 2.82. The molecule has 2 N–H and O–H groups in total. The molecule has 1 aromatic rings. The topological polar surface area (TPSA) is 65.2 Å². The summed E-state index contributed by atoms with van der Waals surface area (Å²) >= 11 is 0. The van der Waals surface area contributed by atoms with Gasteiger partial charge in [0.15, 0.2) is 17.9 Å². The third kappa shape index (κ3) is 3.26. The summed E-state index contributed by atoms with van der Waals surface area (Å²) in [4.78, 5) is 13.5. The van der Waals surface area contributed by atoms with E-state index in [0.29, 0.717) is 6.07 Å². The van der Waals surface area contributed by atoms with E-state index in [0.717, 1.165) is 0 Å². The third-order valence-electron chi connectivity index (χ3n) is 1.62. The number of halogens is 5. The van der Waals surface area contributed by atoms with Crippen LogP contribution in [0.5, 0.6) is 5.75 Å². The molecule has 0 aromatic carbocycles. The predicted molar refractivity (Wildman–Crippen MR) is 45.7 cm³/mol. The number of aromatic nitrogens is 1. The molecule has 0 bridgehead atoms. The SMILES string of the molecule is Nc1nc(C(F)F)cc(C=O)c1OC(F)(F)F. The minimum Gasteiger partial charge on any atom is -0.401 e. The lowest BCUT2D eigenvalue weighted by atomic mass is 10.2. The van der Waals surface area contributed by atoms with Gasteiger partial charge in [0.2, 0.25) is 0 Å². The van der Waals surface area contributed by atoms with Crippen LogP contribution in [0.4, 0.5) is 27.8 Å². The van der Waals surface area contributed by atoms with Crippen molar-refractivity contribution in [2.75, 3.05) is 5.73 Å². The molecule has 0 aliphatic carbocycles. The number of nitrogens with zero attached hydrogens (tertiary/aromatic N) is 1. The Bertz CT molecular complexity index is 433. The van der Waals surface area contributed by atoms with Crippen molar-refractivity contribution in [3.8, 4) is 5.75 Å². The molecule has 1 rings (SSSR count). The van der Waals surface area contributed by atoms with E-state index in [-0.39, 0.29) is 6.29 Å². The Hall–Kier alpha value is -1.93. The number of alkyl halides is 5. The molecule has 4 nitrogen and oxygen atoms in total. The first-order chi connectivity index (χ1) is 7.74. The van der Waals surface area contributed by atoms with Gasteiger partial charge in [-0.2, -0.15) is 0 Å². The van der Waals surface area contributed by atoms with Crippen LogP contribution in [-0.2, 0) is 0 Å². The fourth-order valence-electron chi connectivity index (χ4n) is 1.02. The van der Waals surface area contributed by atoms with Crippen LogP contribution < -0.4 is 10.5 Å². The Morgan fingerprint density at radius 2 is 2.00 bits per heavy atom. The molecule has 0 saturated heterocycles. The number of rotatable bonds is 3. The zero-order valence-corrected chi connectivity index (χ0v) is 7.96. The van der Waals surface area contributed by atoms with E-state index in [2.05, 4.69) is 9.72 Å². The lowest BCUT2D eigenvalue weighted by molar-refractivity contribution is -0.274. The van der Waals surface area contributed by atoms with E-state index in [1.54, 1.807) is 0 Å². The quantitative estimate of drug-likeness (QED) is 0.665. The Labute approximate surface area is 91.2 Å². The van der Waals surface area contributed by atoms with Gasteiger partial charge >= 0.3 is 6.36 Å². The number of ether oxygens (including phenoxy) is 1. The summed E-state index contributed by atoms with van der Waals surface area (Å²) in [5.74, 6) is -2.01. The van der Waals surface area contributed by atoms with Gasteiger partial charge in [0, 0.05) is 0 Å². The molecule has 1 aromatic heterocycles. The maximum atomic E-state index is 12.2.